The van der Waals surface area contributed by atoms with Gasteiger partial charge in [0.05, 0.1) is 6.10 Å². The lowest BCUT2D eigenvalue weighted by atomic mass is 10.0. The Morgan fingerprint density at radius 1 is 1.44 bits per heavy atom. The predicted molar refractivity (Wildman–Crippen MR) is 67.7 cm³/mol. The van der Waals surface area contributed by atoms with Crippen molar-refractivity contribution in [3.05, 3.63) is 23.8 Å². The summed E-state index contributed by atoms with van der Waals surface area (Å²) in [5.74, 6) is 0. The van der Waals surface area contributed by atoms with Gasteiger partial charge in [0.15, 0.2) is 0 Å². The minimum Gasteiger partial charge on any atom is -0.399 e. The second-order valence-electron chi connectivity index (χ2n) is 4.62. The maximum Gasteiger partial charge on any atom is 0.0566 e. The van der Waals surface area contributed by atoms with Crippen LogP contribution in [0.25, 0.3) is 0 Å². The third-order valence-electron chi connectivity index (χ3n) is 3.10. The minimum atomic E-state index is 0.361. The molecular weight excluding hydrogens is 200 g/mol. The van der Waals surface area contributed by atoms with Crippen molar-refractivity contribution in [3.63, 3.8) is 0 Å². The van der Waals surface area contributed by atoms with Crippen LogP contribution in [0.4, 0.5) is 11.4 Å². The van der Waals surface area contributed by atoms with Gasteiger partial charge in [-0.05, 0) is 50.5 Å². The summed E-state index contributed by atoms with van der Waals surface area (Å²) >= 11 is 0. The molecule has 1 aliphatic rings. The minimum absolute atomic E-state index is 0.361. The first-order chi connectivity index (χ1) is 7.65. The molecule has 0 saturated carbocycles. The highest BCUT2D eigenvalue weighted by molar-refractivity contribution is 5.57. The third-order valence-corrected chi connectivity index (χ3v) is 3.10. The van der Waals surface area contributed by atoms with Crippen molar-refractivity contribution in [1.29, 1.82) is 0 Å². The number of ether oxygens (including phenoxy) is 1. The Morgan fingerprint density at radius 2 is 2.25 bits per heavy atom. The van der Waals surface area contributed by atoms with Crippen molar-refractivity contribution in [2.24, 2.45) is 0 Å². The fraction of sp³-hybridized carbons (Fsp3) is 0.538. The molecule has 0 amide bonds. The van der Waals surface area contributed by atoms with Gasteiger partial charge in [0.25, 0.3) is 0 Å². The number of aryl methyl sites for hydroxylation is 1. The van der Waals surface area contributed by atoms with Crippen molar-refractivity contribution in [1.82, 2.24) is 0 Å². The summed E-state index contributed by atoms with van der Waals surface area (Å²) in [7, 11) is 0. The lowest BCUT2D eigenvalue weighted by Gasteiger charge is -2.29. The summed E-state index contributed by atoms with van der Waals surface area (Å²) in [5.41, 5.74) is 8.95. The maximum absolute atomic E-state index is 5.73. The summed E-state index contributed by atoms with van der Waals surface area (Å²) in [6, 6.07) is 6.53. The molecule has 0 radical (unpaired) electrons. The molecule has 2 rings (SSSR count). The summed E-state index contributed by atoms with van der Waals surface area (Å²) in [6.45, 7) is 5.07. The van der Waals surface area contributed by atoms with Crippen molar-refractivity contribution >= 4 is 11.4 Å². The number of nitrogen functional groups attached to an aromatic ring is 1. The van der Waals surface area contributed by atoms with Crippen molar-refractivity contribution in [2.45, 2.75) is 38.8 Å². The van der Waals surface area contributed by atoms with Gasteiger partial charge in [-0.15, -0.1) is 0 Å². The fourth-order valence-electron chi connectivity index (χ4n) is 2.20. The fourth-order valence-corrected chi connectivity index (χ4v) is 2.20. The molecule has 1 heterocycles. The monoisotopic (exact) mass is 220 g/mol. The van der Waals surface area contributed by atoms with Gasteiger partial charge < -0.3 is 15.8 Å². The Labute approximate surface area is 97.0 Å². The third kappa shape index (κ3) is 2.67. The van der Waals surface area contributed by atoms with Crippen LogP contribution in [-0.2, 0) is 4.74 Å². The van der Waals surface area contributed by atoms with Gasteiger partial charge >= 0.3 is 0 Å². The van der Waals surface area contributed by atoms with E-state index in [0.29, 0.717) is 12.1 Å². The average molecular weight is 220 g/mol. The molecule has 88 valence electrons. The van der Waals surface area contributed by atoms with Crippen LogP contribution >= 0.6 is 0 Å². The van der Waals surface area contributed by atoms with Crippen LogP contribution in [0, 0.1) is 6.92 Å². The van der Waals surface area contributed by atoms with E-state index < -0.39 is 0 Å². The normalized spacial score (nSPS) is 25.4. The first-order valence-electron chi connectivity index (χ1n) is 5.89. The molecule has 2 unspecified atom stereocenters. The van der Waals surface area contributed by atoms with Gasteiger partial charge in [-0.25, -0.2) is 0 Å². The Kier molecular flexibility index (Phi) is 3.34. The SMILES string of the molecule is Cc1cc(N)ccc1NC1CCOC(C)C1. The molecule has 1 aliphatic heterocycles. The quantitative estimate of drug-likeness (QED) is 0.753. The molecule has 1 saturated heterocycles. The van der Waals surface area contributed by atoms with E-state index in [-0.39, 0.29) is 0 Å². The zero-order valence-electron chi connectivity index (χ0n) is 9.99. The summed E-state index contributed by atoms with van der Waals surface area (Å²) in [4.78, 5) is 0. The number of benzene rings is 1. The lowest BCUT2D eigenvalue weighted by Crippen LogP contribution is -2.32. The molecule has 1 aromatic rings. The molecule has 1 fully saturated rings. The average Bonchev–Trinajstić information content (AvgIpc) is 2.22. The van der Waals surface area contributed by atoms with Crippen LogP contribution < -0.4 is 11.1 Å². The van der Waals surface area contributed by atoms with Gasteiger partial charge in [0, 0.05) is 24.0 Å². The molecule has 2 atom stereocenters. The van der Waals surface area contributed by atoms with Gasteiger partial charge in [-0.1, -0.05) is 0 Å². The Hall–Kier alpha value is -1.22. The zero-order chi connectivity index (χ0) is 11.5. The number of rotatable bonds is 2. The van der Waals surface area contributed by atoms with Crippen LogP contribution in [0.1, 0.15) is 25.3 Å². The summed E-state index contributed by atoms with van der Waals surface area (Å²) in [5, 5.41) is 3.57. The maximum atomic E-state index is 5.73. The highest BCUT2D eigenvalue weighted by Gasteiger charge is 2.19. The van der Waals surface area contributed by atoms with Gasteiger partial charge in [0.2, 0.25) is 0 Å². The summed E-state index contributed by atoms with van der Waals surface area (Å²) in [6.07, 6.45) is 2.51. The number of nitrogens with one attached hydrogen (secondary N) is 1. The van der Waals surface area contributed by atoms with Gasteiger partial charge in [-0.3, -0.25) is 0 Å². The molecular formula is C13H20N2O. The van der Waals surface area contributed by atoms with E-state index in [1.807, 2.05) is 12.1 Å². The van der Waals surface area contributed by atoms with E-state index in [1.165, 1.54) is 11.3 Å². The molecule has 3 heteroatoms. The van der Waals surface area contributed by atoms with E-state index in [9.17, 15) is 0 Å². The van der Waals surface area contributed by atoms with Gasteiger partial charge in [-0.2, -0.15) is 0 Å². The largest absolute Gasteiger partial charge is 0.399 e. The molecule has 0 aliphatic carbocycles. The Bertz CT molecular complexity index is 365. The molecule has 3 N–H and O–H groups in total. The number of nitrogens with two attached hydrogens (primary N) is 1. The van der Waals surface area contributed by atoms with Crippen LogP contribution in [0.5, 0.6) is 0 Å². The van der Waals surface area contributed by atoms with Crippen molar-refractivity contribution in [3.8, 4) is 0 Å². The second-order valence-corrected chi connectivity index (χ2v) is 4.62. The highest BCUT2D eigenvalue weighted by atomic mass is 16.5. The molecule has 16 heavy (non-hydrogen) atoms. The van der Waals surface area contributed by atoms with Crippen LogP contribution in [0.2, 0.25) is 0 Å². The molecule has 0 aromatic heterocycles. The molecule has 0 spiro atoms. The van der Waals surface area contributed by atoms with E-state index in [1.54, 1.807) is 0 Å². The smallest absolute Gasteiger partial charge is 0.0566 e. The first-order valence-corrected chi connectivity index (χ1v) is 5.89. The zero-order valence-corrected chi connectivity index (χ0v) is 9.99. The van der Waals surface area contributed by atoms with Gasteiger partial charge in [0.1, 0.15) is 0 Å². The van der Waals surface area contributed by atoms with Crippen LogP contribution in [0.15, 0.2) is 18.2 Å². The Morgan fingerprint density at radius 3 is 2.94 bits per heavy atom. The highest BCUT2D eigenvalue weighted by Crippen LogP contribution is 2.22. The number of anilines is 2. The predicted octanol–water partition coefficient (Wildman–Crippen LogP) is 2.56. The lowest BCUT2D eigenvalue weighted by molar-refractivity contribution is 0.0232. The van der Waals surface area contributed by atoms with Crippen molar-refractivity contribution in [2.75, 3.05) is 17.7 Å². The topological polar surface area (TPSA) is 47.3 Å². The van der Waals surface area contributed by atoms with E-state index >= 15 is 0 Å². The molecule has 0 bridgehead atoms. The van der Waals surface area contributed by atoms with E-state index in [4.69, 9.17) is 10.5 Å². The van der Waals surface area contributed by atoms with E-state index in [0.717, 1.165) is 25.1 Å². The van der Waals surface area contributed by atoms with Crippen LogP contribution in [0.3, 0.4) is 0 Å². The van der Waals surface area contributed by atoms with Crippen molar-refractivity contribution < 1.29 is 4.74 Å². The molecule has 1 aromatic carbocycles. The Balaban J connectivity index is 2.02. The van der Waals surface area contributed by atoms with E-state index in [2.05, 4.69) is 25.2 Å². The van der Waals surface area contributed by atoms with Crippen LogP contribution in [-0.4, -0.2) is 18.8 Å². The molecule has 3 nitrogen and oxygen atoms in total. The first kappa shape index (κ1) is 11.3. The second kappa shape index (κ2) is 4.74. The number of hydrogen-bond donors (Lipinski definition) is 2. The standard InChI is InChI=1S/C13H20N2O/c1-9-7-11(14)3-4-13(9)15-12-5-6-16-10(2)8-12/h3-4,7,10,12,15H,5-6,8,14H2,1-2H3. The number of hydrogen-bond acceptors (Lipinski definition) is 3. The summed E-state index contributed by atoms with van der Waals surface area (Å²) < 4.78 is 5.54.